The van der Waals surface area contributed by atoms with Crippen molar-refractivity contribution in [2.24, 2.45) is 7.05 Å². The molecule has 1 fully saturated rings. The van der Waals surface area contributed by atoms with Gasteiger partial charge in [0, 0.05) is 25.6 Å². The van der Waals surface area contributed by atoms with E-state index in [2.05, 4.69) is 10.3 Å². The second-order valence-electron chi connectivity index (χ2n) is 6.26. The van der Waals surface area contributed by atoms with Gasteiger partial charge < -0.3 is 14.5 Å². The minimum Gasteiger partial charge on any atom is -0.448 e. The topological polar surface area (TPSA) is 86.4 Å². The maximum absolute atomic E-state index is 12.6. The Balaban J connectivity index is 1.52. The largest absolute Gasteiger partial charge is 0.448 e. The number of benzene rings is 1. The predicted octanol–water partition coefficient (Wildman–Crippen LogP) is 2.07. The zero-order valence-electron chi connectivity index (χ0n) is 14.4. The fraction of sp³-hybridized carbons (Fsp3) is 0.389. The molecule has 136 valence electrons. The Morgan fingerprint density at radius 3 is 3.08 bits per heavy atom. The number of carbonyl (C=O) groups excluding carboxylic acids is 1. The first-order valence-corrected chi connectivity index (χ1v) is 9.51. The van der Waals surface area contributed by atoms with Crippen molar-refractivity contribution in [1.82, 2.24) is 14.9 Å². The summed E-state index contributed by atoms with van der Waals surface area (Å²) in [6.45, 7) is 1.29. The van der Waals surface area contributed by atoms with Gasteiger partial charge in [-0.05, 0) is 25.0 Å². The molecule has 7 nitrogen and oxygen atoms in total. The zero-order valence-corrected chi connectivity index (χ0v) is 15.2. The number of carbonyl (C=O) groups is 1. The highest BCUT2D eigenvalue weighted by atomic mass is 32.2. The average molecular weight is 373 g/mol. The van der Waals surface area contributed by atoms with E-state index in [4.69, 9.17) is 9.15 Å². The summed E-state index contributed by atoms with van der Waals surface area (Å²) in [7, 11) is 1.63. The quantitative estimate of drug-likeness (QED) is 0.544. The third kappa shape index (κ3) is 3.22. The standard InChI is InChI=1S/C18H19N3O4S/c1-21-17(23)16-15(12-6-2-3-7-13(12)25-16)20-18(21)26-10-14(22)19-9-11-5-4-8-24-11/h2-3,6-7,11H,4-5,8-10H2,1H3,(H,19,22)/t11-/m0/s1. The molecule has 1 aliphatic heterocycles. The molecular weight excluding hydrogens is 354 g/mol. The van der Waals surface area contributed by atoms with E-state index in [0.717, 1.165) is 24.8 Å². The van der Waals surface area contributed by atoms with E-state index in [1.807, 2.05) is 24.3 Å². The van der Waals surface area contributed by atoms with Crippen molar-refractivity contribution >= 4 is 39.7 Å². The number of rotatable bonds is 5. The van der Waals surface area contributed by atoms with Gasteiger partial charge in [-0.3, -0.25) is 14.2 Å². The number of nitrogens with zero attached hydrogens (tertiary/aromatic N) is 2. The molecule has 26 heavy (non-hydrogen) atoms. The molecule has 3 heterocycles. The maximum atomic E-state index is 12.6. The number of hydrogen-bond acceptors (Lipinski definition) is 6. The van der Waals surface area contributed by atoms with Gasteiger partial charge in [-0.1, -0.05) is 23.9 Å². The Morgan fingerprint density at radius 2 is 2.27 bits per heavy atom. The number of nitrogens with one attached hydrogen (secondary N) is 1. The smallest absolute Gasteiger partial charge is 0.297 e. The van der Waals surface area contributed by atoms with Crippen molar-refractivity contribution in [3.63, 3.8) is 0 Å². The van der Waals surface area contributed by atoms with Gasteiger partial charge >= 0.3 is 0 Å². The number of aromatic nitrogens is 2. The van der Waals surface area contributed by atoms with Crippen molar-refractivity contribution in [1.29, 1.82) is 0 Å². The van der Waals surface area contributed by atoms with E-state index < -0.39 is 0 Å². The van der Waals surface area contributed by atoms with Crippen LogP contribution in [0.25, 0.3) is 22.1 Å². The molecule has 1 aromatic carbocycles. The van der Waals surface area contributed by atoms with Gasteiger partial charge in [-0.25, -0.2) is 4.98 Å². The Hall–Kier alpha value is -2.32. The minimum atomic E-state index is -0.256. The molecule has 0 radical (unpaired) electrons. The minimum absolute atomic E-state index is 0.100. The lowest BCUT2D eigenvalue weighted by molar-refractivity contribution is -0.119. The van der Waals surface area contributed by atoms with Crippen LogP contribution in [0, 0.1) is 0 Å². The number of fused-ring (bicyclic) bond motifs is 3. The number of ether oxygens (including phenoxy) is 1. The van der Waals surface area contributed by atoms with Crippen LogP contribution in [0.15, 0.2) is 38.6 Å². The fourth-order valence-electron chi connectivity index (χ4n) is 3.04. The van der Waals surface area contributed by atoms with Crippen LogP contribution in [0.4, 0.5) is 0 Å². The van der Waals surface area contributed by atoms with Crippen LogP contribution >= 0.6 is 11.8 Å². The summed E-state index contributed by atoms with van der Waals surface area (Å²) in [5, 5.41) is 4.16. The Bertz CT molecular complexity index is 1020. The Kier molecular flexibility index (Phi) is 4.69. The van der Waals surface area contributed by atoms with E-state index in [1.165, 1.54) is 16.3 Å². The highest BCUT2D eigenvalue weighted by Crippen LogP contribution is 2.26. The summed E-state index contributed by atoms with van der Waals surface area (Å²) in [6, 6.07) is 7.41. The molecule has 0 unspecified atom stereocenters. The normalized spacial score (nSPS) is 17.2. The molecule has 0 aliphatic carbocycles. The molecule has 2 aromatic heterocycles. The van der Waals surface area contributed by atoms with E-state index >= 15 is 0 Å². The summed E-state index contributed by atoms with van der Waals surface area (Å²) in [4.78, 5) is 29.2. The van der Waals surface area contributed by atoms with Gasteiger partial charge in [-0.15, -0.1) is 0 Å². The molecule has 0 saturated carbocycles. The predicted molar refractivity (Wildman–Crippen MR) is 99.5 cm³/mol. The summed E-state index contributed by atoms with van der Waals surface area (Å²) in [5.41, 5.74) is 1.14. The van der Waals surface area contributed by atoms with Gasteiger partial charge in [0.2, 0.25) is 11.5 Å². The van der Waals surface area contributed by atoms with Crippen molar-refractivity contribution in [2.75, 3.05) is 18.9 Å². The second-order valence-corrected chi connectivity index (χ2v) is 7.20. The lowest BCUT2D eigenvalue weighted by Crippen LogP contribution is -2.33. The molecule has 1 atom stereocenters. The molecular formula is C18H19N3O4S. The fourth-order valence-corrected chi connectivity index (χ4v) is 3.84. The number of furan rings is 1. The Labute approximate surface area is 153 Å². The highest BCUT2D eigenvalue weighted by Gasteiger charge is 2.18. The van der Waals surface area contributed by atoms with Crippen LogP contribution < -0.4 is 10.9 Å². The molecule has 1 aliphatic rings. The van der Waals surface area contributed by atoms with Crippen LogP contribution in [0.2, 0.25) is 0 Å². The summed E-state index contributed by atoms with van der Waals surface area (Å²) >= 11 is 1.24. The van der Waals surface area contributed by atoms with Crippen LogP contribution in [-0.2, 0) is 16.6 Å². The van der Waals surface area contributed by atoms with Crippen LogP contribution in [0.5, 0.6) is 0 Å². The monoisotopic (exact) mass is 373 g/mol. The van der Waals surface area contributed by atoms with Crippen molar-refractivity contribution in [3.05, 3.63) is 34.6 Å². The number of para-hydroxylation sites is 1. The average Bonchev–Trinajstić information content (AvgIpc) is 3.29. The van der Waals surface area contributed by atoms with E-state index in [-0.39, 0.29) is 28.9 Å². The van der Waals surface area contributed by atoms with Crippen LogP contribution in [-0.4, -0.2) is 40.5 Å². The lowest BCUT2D eigenvalue weighted by atomic mass is 10.2. The molecule has 4 rings (SSSR count). The van der Waals surface area contributed by atoms with Crippen LogP contribution in [0.3, 0.4) is 0 Å². The first-order chi connectivity index (χ1) is 12.6. The van der Waals surface area contributed by atoms with Crippen LogP contribution in [0.1, 0.15) is 12.8 Å². The number of hydrogen-bond donors (Lipinski definition) is 1. The number of amides is 1. The summed E-state index contributed by atoms with van der Waals surface area (Å²) in [5.74, 6) is 0.0887. The van der Waals surface area contributed by atoms with Crippen molar-refractivity contribution in [2.45, 2.75) is 24.1 Å². The van der Waals surface area contributed by atoms with Gasteiger partial charge in [0.15, 0.2) is 5.16 Å². The summed E-state index contributed by atoms with van der Waals surface area (Å²) in [6.07, 6.45) is 2.13. The van der Waals surface area contributed by atoms with Gasteiger partial charge in [0.25, 0.3) is 5.56 Å². The lowest BCUT2D eigenvalue weighted by Gasteiger charge is -2.11. The molecule has 0 spiro atoms. The molecule has 3 aromatic rings. The van der Waals surface area contributed by atoms with Gasteiger partial charge in [0.1, 0.15) is 11.1 Å². The van der Waals surface area contributed by atoms with Crippen molar-refractivity contribution < 1.29 is 13.9 Å². The first kappa shape index (κ1) is 17.1. The highest BCUT2D eigenvalue weighted by molar-refractivity contribution is 7.99. The molecule has 1 amide bonds. The third-order valence-electron chi connectivity index (χ3n) is 4.45. The third-order valence-corrected chi connectivity index (χ3v) is 5.48. The van der Waals surface area contributed by atoms with E-state index in [0.29, 0.717) is 22.8 Å². The first-order valence-electron chi connectivity index (χ1n) is 8.53. The van der Waals surface area contributed by atoms with E-state index in [1.54, 1.807) is 7.05 Å². The second kappa shape index (κ2) is 7.13. The molecule has 1 saturated heterocycles. The van der Waals surface area contributed by atoms with Gasteiger partial charge in [0.05, 0.1) is 11.9 Å². The van der Waals surface area contributed by atoms with Gasteiger partial charge in [-0.2, -0.15) is 0 Å². The number of thioether (sulfide) groups is 1. The van der Waals surface area contributed by atoms with E-state index in [9.17, 15) is 9.59 Å². The molecule has 1 N–H and O–H groups in total. The SMILES string of the molecule is Cn1c(SCC(=O)NC[C@@H]2CCCO2)nc2c(oc3ccccc32)c1=O. The molecule has 8 heteroatoms. The molecule has 0 bridgehead atoms. The summed E-state index contributed by atoms with van der Waals surface area (Å²) < 4.78 is 12.6. The zero-order chi connectivity index (χ0) is 18.1. The van der Waals surface area contributed by atoms with Crippen molar-refractivity contribution in [3.8, 4) is 0 Å². The Morgan fingerprint density at radius 1 is 1.42 bits per heavy atom. The maximum Gasteiger partial charge on any atom is 0.297 e.